The Bertz CT molecular complexity index is 331. The monoisotopic (exact) mass is 197 g/mol. The molecule has 0 spiro atoms. The standard InChI is InChI=1S/C9H15N3O2/c1-6(2)14-9(13)5-12-7(3)8(10)4-11-12/h4,6H,5,10H2,1-3H3. The van der Waals surface area contributed by atoms with Crippen molar-refractivity contribution in [1.29, 1.82) is 0 Å². The van der Waals surface area contributed by atoms with E-state index in [1.807, 2.05) is 20.8 Å². The Kier molecular flexibility index (Phi) is 3.11. The van der Waals surface area contributed by atoms with Crippen LogP contribution < -0.4 is 5.73 Å². The van der Waals surface area contributed by atoms with Crippen molar-refractivity contribution < 1.29 is 9.53 Å². The van der Waals surface area contributed by atoms with Crippen LogP contribution in [0.15, 0.2) is 6.20 Å². The van der Waals surface area contributed by atoms with Gasteiger partial charge in [0.2, 0.25) is 0 Å². The lowest BCUT2D eigenvalue weighted by Crippen LogP contribution is -2.19. The first kappa shape index (κ1) is 10.6. The van der Waals surface area contributed by atoms with Gasteiger partial charge in [0.15, 0.2) is 0 Å². The van der Waals surface area contributed by atoms with Gasteiger partial charge in [0, 0.05) is 0 Å². The number of ether oxygens (including phenoxy) is 1. The van der Waals surface area contributed by atoms with Crippen LogP contribution in [0, 0.1) is 6.92 Å². The molecule has 0 atom stereocenters. The second kappa shape index (κ2) is 4.13. The molecule has 0 aliphatic heterocycles. The van der Waals surface area contributed by atoms with Crippen LogP contribution in [-0.4, -0.2) is 21.9 Å². The lowest BCUT2D eigenvalue weighted by atomic mass is 10.4. The average Bonchev–Trinajstić information content (AvgIpc) is 2.34. The molecule has 0 fully saturated rings. The summed E-state index contributed by atoms with van der Waals surface area (Å²) < 4.78 is 6.51. The predicted molar refractivity (Wildman–Crippen MR) is 52.6 cm³/mol. The van der Waals surface area contributed by atoms with E-state index in [9.17, 15) is 4.79 Å². The molecule has 0 saturated heterocycles. The van der Waals surface area contributed by atoms with Crippen LogP contribution in [0.4, 0.5) is 5.69 Å². The molecule has 0 aliphatic rings. The van der Waals surface area contributed by atoms with Gasteiger partial charge in [-0.15, -0.1) is 0 Å². The van der Waals surface area contributed by atoms with Gasteiger partial charge >= 0.3 is 5.97 Å². The Morgan fingerprint density at radius 2 is 2.36 bits per heavy atom. The van der Waals surface area contributed by atoms with Crippen molar-refractivity contribution in [2.45, 2.75) is 33.4 Å². The normalized spacial score (nSPS) is 10.6. The molecule has 0 amide bonds. The fourth-order valence-corrected chi connectivity index (χ4v) is 1.04. The lowest BCUT2D eigenvalue weighted by Gasteiger charge is -2.08. The number of carbonyl (C=O) groups excluding carboxylic acids is 1. The Morgan fingerprint density at radius 1 is 1.71 bits per heavy atom. The summed E-state index contributed by atoms with van der Waals surface area (Å²) in [6.07, 6.45) is 1.42. The van der Waals surface area contributed by atoms with Gasteiger partial charge in [-0.1, -0.05) is 0 Å². The highest BCUT2D eigenvalue weighted by Gasteiger charge is 2.10. The molecular formula is C9H15N3O2. The number of carbonyl (C=O) groups is 1. The van der Waals surface area contributed by atoms with Gasteiger partial charge in [-0.3, -0.25) is 9.48 Å². The minimum Gasteiger partial charge on any atom is -0.462 e. The number of hydrogen-bond donors (Lipinski definition) is 1. The lowest BCUT2D eigenvalue weighted by molar-refractivity contribution is -0.148. The SMILES string of the molecule is Cc1c(N)cnn1CC(=O)OC(C)C. The molecule has 1 heterocycles. The van der Waals surface area contributed by atoms with Crippen molar-refractivity contribution >= 4 is 11.7 Å². The number of nitrogens with two attached hydrogens (primary N) is 1. The Hall–Kier alpha value is -1.52. The van der Waals surface area contributed by atoms with Crippen molar-refractivity contribution in [3.05, 3.63) is 11.9 Å². The average molecular weight is 197 g/mol. The molecule has 1 aromatic rings. The number of aromatic nitrogens is 2. The van der Waals surface area contributed by atoms with Gasteiger partial charge in [-0.05, 0) is 20.8 Å². The van der Waals surface area contributed by atoms with Gasteiger partial charge in [0.1, 0.15) is 6.54 Å². The summed E-state index contributed by atoms with van der Waals surface area (Å²) in [5.41, 5.74) is 6.95. The van der Waals surface area contributed by atoms with Crippen molar-refractivity contribution in [2.24, 2.45) is 0 Å². The molecule has 0 unspecified atom stereocenters. The van der Waals surface area contributed by atoms with Crippen LogP contribution in [0.2, 0.25) is 0 Å². The van der Waals surface area contributed by atoms with E-state index >= 15 is 0 Å². The van der Waals surface area contributed by atoms with Gasteiger partial charge in [-0.25, -0.2) is 0 Å². The van der Waals surface area contributed by atoms with Crippen molar-refractivity contribution in [2.75, 3.05) is 5.73 Å². The number of nitrogen functional groups attached to an aromatic ring is 1. The highest BCUT2D eigenvalue weighted by atomic mass is 16.5. The minimum atomic E-state index is -0.300. The van der Waals surface area contributed by atoms with E-state index in [2.05, 4.69) is 5.10 Å². The van der Waals surface area contributed by atoms with Crippen LogP contribution in [0.3, 0.4) is 0 Å². The zero-order chi connectivity index (χ0) is 10.7. The minimum absolute atomic E-state index is 0.101. The molecule has 14 heavy (non-hydrogen) atoms. The summed E-state index contributed by atoms with van der Waals surface area (Å²) >= 11 is 0. The number of hydrogen-bond acceptors (Lipinski definition) is 4. The first-order chi connectivity index (χ1) is 6.50. The van der Waals surface area contributed by atoms with Gasteiger partial charge in [0.05, 0.1) is 23.7 Å². The van der Waals surface area contributed by atoms with E-state index in [1.165, 1.54) is 10.9 Å². The Labute approximate surface area is 82.8 Å². The first-order valence-electron chi connectivity index (χ1n) is 4.48. The van der Waals surface area contributed by atoms with Gasteiger partial charge in [-0.2, -0.15) is 5.10 Å². The third-order valence-electron chi connectivity index (χ3n) is 1.79. The zero-order valence-electron chi connectivity index (χ0n) is 8.65. The number of anilines is 1. The predicted octanol–water partition coefficient (Wildman–Crippen LogP) is 0.725. The summed E-state index contributed by atoms with van der Waals surface area (Å²) in [5, 5.41) is 3.95. The number of rotatable bonds is 3. The van der Waals surface area contributed by atoms with E-state index in [4.69, 9.17) is 10.5 Å². The fraction of sp³-hybridized carbons (Fsp3) is 0.556. The molecule has 5 nitrogen and oxygen atoms in total. The summed E-state index contributed by atoms with van der Waals surface area (Å²) in [6.45, 7) is 5.54. The molecule has 78 valence electrons. The number of esters is 1. The zero-order valence-corrected chi connectivity index (χ0v) is 8.65. The molecule has 0 aromatic carbocycles. The van der Waals surface area contributed by atoms with Gasteiger partial charge < -0.3 is 10.5 Å². The third kappa shape index (κ3) is 2.48. The molecular weight excluding hydrogens is 182 g/mol. The molecule has 0 bridgehead atoms. The van der Waals surface area contributed by atoms with Crippen LogP contribution >= 0.6 is 0 Å². The molecule has 1 rings (SSSR count). The van der Waals surface area contributed by atoms with Crippen molar-refractivity contribution in [1.82, 2.24) is 9.78 Å². The quantitative estimate of drug-likeness (QED) is 0.725. The van der Waals surface area contributed by atoms with Crippen molar-refractivity contribution in [3.63, 3.8) is 0 Å². The second-order valence-electron chi connectivity index (χ2n) is 3.38. The molecule has 0 radical (unpaired) electrons. The third-order valence-corrected chi connectivity index (χ3v) is 1.79. The molecule has 5 heteroatoms. The highest BCUT2D eigenvalue weighted by molar-refractivity contribution is 5.69. The van der Waals surface area contributed by atoms with Gasteiger partial charge in [0.25, 0.3) is 0 Å². The summed E-state index contributed by atoms with van der Waals surface area (Å²) in [4.78, 5) is 11.3. The molecule has 1 aromatic heterocycles. The molecule has 2 N–H and O–H groups in total. The highest BCUT2D eigenvalue weighted by Crippen LogP contribution is 2.08. The molecule has 0 saturated carbocycles. The summed E-state index contributed by atoms with van der Waals surface area (Å²) in [7, 11) is 0. The van der Waals surface area contributed by atoms with E-state index < -0.39 is 0 Å². The summed E-state index contributed by atoms with van der Waals surface area (Å²) in [5.74, 6) is -0.300. The van der Waals surface area contributed by atoms with E-state index in [-0.39, 0.29) is 18.6 Å². The van der Waals surface area contributed by atoms with Crippen LogP contribution in [0.25, 0.3) is 0 Å². The first-order valence-corrected chi connectivity index (χ1v) is 4.48. The van der Waals surface area contributed by atoms with Crippen LogP contribution in [0.1, 0.15) is 19.5 Å². The smallest absolute Gasteiger partial charge is 0.328 e. The Balaban J connectivity index is 2.61. The number of nitrogens with zero attached hydrogens (tertiary/aromatic N) is 2. The van der Waals surface area contributed by atoms with E-state index in [0.717, 1.165) is 5.69 Å². The maximum atomic E-state index is 11.3. The fourth-order valence-electron chi connectivity index (χ4n) is 1.04. The summed E-state index contributed by atoms with van der Waals surface area (Å²) in [6, 6.07) is 0. The van der Waals surface area contributed by atoms with Crippen LogP contribution in [-0.2, 0) is 16.1 Å². The maximum absolute atomic E-state index is 11.3. The van der Waals surface area contributed by atoms with E-state index in [0.29, 0.717) is 5.69 Å². The topological polar surface area (TPSA) is 70.1 Å². The molecule has 0 aliphatic carbocycles. The van der Waals surface area contributed by atoms with Crippen molar-refractivity contribution in [3.8, 4) is 0 Å². The van der Waals surface area contributed by atoms with Crippen LogP contribution in [0.5, 0.6) is 0 Å². The largest absolute Gasteiger partial charge is 0.462 e. The second-order valence-corrected chi connectivity index (χ2v) is 3.38. The van der Waals surface area contributed by atoms with E-state index in [1.54, 1.807) is 0 Å². The maximum Gasteiger partial charge on any atom is 0.328 e. The Morgan fingerprint density at radius 3 is 2.79 bits per heavy atom.